The van der Waals surface area contributed by atoms with Gasteiger partial charge in [-0.25, -0.2) is 0 Å². The summed E-state index contributed by atoms with van der Waals surface area (Å²) in [4.78, 5) is 13.9. The molecular formula is C14H18Cl2N2O2. The maximum atomic E-state index is 12.2. The van der Waals surface area contributed by atoms with Crippen molar-refractivity contribution in [2.75, 3.05) is 19.7 Å². The predicted molar refractivity (Wildman–Crippen MR) is 80.0 cm³/mol. The fourth-order valence-corrected chi connectivity index (χ4v) is 2.46. The molecule has 2 rings (SSSR count). The largest absolute Gasteiger partial charge is 0.370 e. The second-order valence-corrected chi connectivity index (χ2v) is 6.32. The van der Waals surface area contributed by atoms with E-state index in [0.717, 1.165) is 5.56 Å². The third kappa shape index (κ3) is 3.44. The molecule has 1 amide bonds. The van der Waals surface area contributed by atoms with Gasteiger partial charge >= 0.3 is 0 Å². The Hall–Kier alpha value is -0.810. The average Bonchev–Trinajstić information content (AvgIpc) is 2.40. The van der Waals surface area contributed by atoms with Crippen LogP contribution in [-0.4, -0.2) is 36.0 Å². The highest BCUT2D eigenvalue weighted by atomic mass is 35.5. The molecule has 0 radical (unpaired) electrons. The number of benzene rings is 1. The molecule has 1 aromatic carbocycles. The Kier molecular flexibility index (Phi) is 4.59. The van der Waals surface area contributed by atoms with Crippen LogP contribution in [0.15, 0.2) is 18.2 Å². The summed E-state index contributed by atoms with van der Waals surface area (Å²) in [5.74, 6) is -0.0779. The van der Waals surface area contributed by atoms with Gasteiger partial charge in [-0.05, 0) is 31.5 Å². The summed E-state index contributed by atoms with van der Waals surface area (Å²) in [6.45, 7) is 4.92. The molecule has 1 fully saturated rings. The van der Waals surface area contributed by atoms with E-state index in [1.165, 1.54) is 0 Å². The Balaban J connectivity index is 2.14. The van der Waals surface area contributed by atoms with Gasteiger partial charge in [0, 0.05) is 6.54 Å². The lowest BCUT2D eigenvalue weighted by Crippen LogP contribution is -2.54. The number of nitrogens with zero attached hydrogens (tertiary/aromatic N) is 1. The van der Waals surface area contributed by atoms with E-state index in [0.29, 0.717) is 29.7 Å². The number of amides is 1. The quantitative estimate of drug-likeness (QED) is 0.912. The van der Waals surface area contributed by atoms with E-state index in [-0.39, 0.29) is 12.0 Å². The van der Waals surface area contributed by atoms with Crippen LogP contribution in [0.3, 0.4) is 0 Å². The molecule has 1 aliphatic rings. The van der Waals surface area contributed by atoms with E-state index in [1.54, 1.807) is 30.9 Å². The molecule has 1 heterocycles. The average molecular weight is 317 g/mol. The van der Waals surface area contributed by atoms with Gasteiger partial charge in [0.1, 0.15) is 6.10 Å². The summed E-state index contributed by atoms with van der Waals surface area (Å²) < 4.78 is 5.72. The van der Waals surface area contributed by atoms with Gasteiger partial charge in [0.2, 0.25) is 5.91 Å². The Labute approximate surface area is 128 Å². The van der Waals surface area contributed by atoms with Crippen LogP contribution >= 0.6 is 23.2 Å². The van der Waals surface area contributed by atoms with Crippen LogP contribution in [-0.2, 0) is 9.53 Å². The number of ether oxygens (including phenoxy) is 1. The van der Waals surface area contributed by atoms with Gasteiger partial charge in [-0.15, -0.1) is 0 Å². The fourth-order valence-electron chi connectivity index (χ4n) is 2.16. The van der Waals surface area contributed by atoms with Crippen LogP contribution in [0.1, 0.15) is 25.5 Å². The second-order valence-electron chi connectivity index (χ2n) is 5.51. The molecular weight excluding hydrogens is 299 g/mol. The molecule has 0 unspecified atom stereocenters. The maximum absolute atomic E-state index is 12.2. The zero-order chi connectivity index (χ0) is 14.9. The van der Waals surface area contributed by atoms with Crippen LogP contribution in [0, 0.1) is 0 Å². The molecule has 20 heavy (non-hydrogen) atoms. The van der Waals surface area contributed by atoms with Gasteiger partial charge in [-0.1, -0.05) is 29.3 Å². The number of hydrogen-bond acceptors (Lipinski definition) is 3. The van der Waals surface area contributed by atoms with Crippen LogP contribution < -0.4 is 5.73 Å². The number of halogens is 2. The van der Waals surface area contributed by atoms with Crippen LogP contribution in [0.4, 0.5) is 0 Å². The lowest BCUT2D eigenvalue weighted by atomic mass is 10.0. The Morgan fingerprint density at radius 3 is 2.70 bits per heavy atom. The lowest BCUT2D eigenvalue weighted by Gasteiger charge is -2.36. The zero-order valence-corrected chi connectivity index (χ0v) is 13.0. The molecule has 110 valence electrons. The molecule has 0 aliphatic carbocycles. The van der Waals surface area contributed by atoms with E-state index in [9.17, 15) is 4.79 Å². The van der Waals surface area contributed by atoms with Crippen molar-refractivity contribution in [2.24, 2.45) is 5.73 Å². The van der Waals surface area contributed by atoms with E-state index in [4.69, 9.17) is 33.7 Å². The molecule has 6 heteroatoms. The highest BCUT2D eigenvalue weighted by molar-refractivity contribution is 6.42. The lowest BCUT2D eigenvalue weighted by molar-refractivity contribution is -0.143. The first-order valence-corrected chi connectivity index (χ1v) is 7.19. The second kappa shape index (κ2) is 5.90. The standard InChI is InChI=1S/C14H18Cl2N2O2/c1-14(2,17)13(19)18-5-6-20-12(8-18)9-3-4-10(15)11(16)7-9/h3-4,7,12H,5-6,8,17H2,1-2H3/t12-/m1/s1. The Morgan fingerprint density at radius 2 is 2.10 bits per heavy atom. The smallest absolute Gasteiger partial charge is 0.242 e. The minimum Gasteiger partial charge on any atom is -0.370 e. The first kappa shape index (κ1) is 15.6. The summed E-state index contributed by atoms with van der Waals surface area (Å²) in [6.07, 6.45) is -0.204. The Morgan fingerprint density at radius 1 is 1.40 bits per heavy atom. The van der Waals surface area contributed by atoms with Gasteiger partial charge in [-0.3, -0.25) is 4.79 Å². The molecule has 1 atom stereocenters. The van der Waals surface area contributed by atoms with Gasteiger partial charge in [0.05, 0.1) is 28.7 Å². The maximum Gasteiger partial charge on any atom is 0.242 e. The van der Waals surface area contributed by atoms with Crippen molar-refractivity contribution in [3.8, 4) is 0 Å². The molecule has 1 saturated heterocycles. The van der Waals surface area contributed by atoms with Crippen LogP contribution in [0.2, 0.25) is 10.0 Å². The summed E-state index contributed by atoms with van der Waals surface area (Å²) in [5, 5.41) is 0.984. The molecule has 0 saturated carbocycles. The number of rotatable bonds is 2. The molecule has 1 aromatic rings. The number of morpholine rings is 1. The SMILES string of the molecule is CC(C)(N)C(=O)N1CCO[C@@H](c2ccc(Cl)c(Cl)c2)C1. The van der Waals surface area contributed by atoms with E-state index < -0.39 is 5.54 Å². The fraction of sp³-hybridized carbons (Fsp3) is 0.500. The predicted octanol–water partition coefficient (Wildman–Crippen LogP) is 2.63. The highest BCUT2D eigenvalue weighted by Gasteiger charge is 2.32. The number of nitrogens with two attached hydrogens (primary N) is 1. The molecule has 0 spiro atoms. The number of carbonyl (C=O) groups is 1. The van der Waals surface area contributed by atoms with E-state index >= 15 is 0 Å². The topological polar surface area (TPSA) is 55.6 Å². The molecule has 4 nitrogen and oxygen atoms in total. The zero-order valence-electron chi connectivity index (χ0n) is 11.5. The number of hydrogen-bond donors (Lipinski definition) is 1. The Bertz CT molecular complexity index is 514. The minimum atomic E-state index is -0.875. The van der Waals surface area contributed by atoms with Crippen LogP contribution in [0.5, 0.6) is 0 Å². The van der Waals surface area contributed by atoms with Crippen molar-refractivity contribution in [2.45, 2.75) is 25.5 Å². The summed E-state index contributed by atoms with van der Waals surface area (Å²) in [6, 6.07) is 5.37. The van der Waals surface area contributed by atoms with Gasteiger partial charge in [0.15, 0.2) is 0 Å². The highest BCUT2D eigenvalue weighted by Crippen LogP contribution is 2.29. The third-order valence-corrected chi connectivity index (χ3v) is 3.96. The van der Waals surface area contributed by atoms with Crippen molar-refractivity contribution in [3.05, 3.63) is 33.8 Å². The first-order valence-electron chi connectivity index (χ1n) is 6.44. The van der Waals surface area contributed by atoms with Gasteiger partial charge in [-0.2, -0.15) is 0 Å². The van der Waals surface area contributed by atoms with Crippen molar-refractivity contribution in [1.82, 2.24) is 4.90 Å². The monoisotopic (exact) mass is 316 g/mol. The molecule has 0 bridgehead atoms. The van der Waals surface area contributed by atoms with Crippen molar-refractivity contribution in [3.63, 3.8) is 0 Å². The molecule has 2 N–H and O–H groups in total. The summed E-state index contributed by atoms with van der Waals surface area (Å²) in [5.41, 5.74) is 5.90. The normalized spacial score (nSPS) is 20.1. The molecule has 0 aromatic heterocycles. The summed E-state index contributed by atoms with van der Waals surface area (Å²) in [7, 11) is 0. The van der Waals surface area contributed by atoms with Crippen molar-refractivity contribution >= 4 is 29.1 Å². The van der Waals surface area contributed by atoms with E-state index in [1.807, 2.05) is 6.07 Å². The van der Waals surface area contributed by atoms with Crippen LogP contribution in [0.25, 0.3) is 0 Å². The van der Waals surface area contributed by atoms with Gasteiger partial charge < -0.3 is 15.4 Å². The first-order chi connectivity index (χ1) is 9.29. The van der Waals surface area contributed by atoms with E-state index in [2.05, 4.69) is 0 Å². The summed E-state index contributed by atoms with van der Waals surface area (Å²) >= 11 is 11.9. The number of carbonyl (C=O) groups excluding carboxylic acids is 1. The molecule has 1 aliphatic heterocycles. The minimum absolute atomic E-state index is 0.0779. The third-order valence-electron chi connectivity index (χ3n) is 3.22. The van der Waals surface area contributed by atoms with Gasteiger partial charge in [0.25, 0.3) is 0 Å². The van der Waals surface area contributed by atoms with Crippen molar-refractivity contribution < 1.29 is 9.53 Å². The van der Waals surface area contributed by atoms with Crippen molar-refractivity contribution in [1.29, 1.82) is 0 Å².